The first kappa shape index (κ1) is 24.1. The number of ether oxygens (including phenoxy) is 3. The third-order valence-corrected chi connectivity index (χ3v) is 5.55. The van der Waals surface area contributed by atoms with Crippen LogP contribution < -0.4 is 15.8 Å². The molecule has 1 amide bonds. The van der Waals surface area contributed by atoms with Gasteiger partial charge in [-0.1, -0.05) is 31.5 Å². The Kier molecular flexibility index (Phi) is 8.21. The van der Waals surface area contributed by atoms with E-state index in [2.05, 4.69) is 10.3 Å². The molecule has 1 saturated heterocycles. The summed E-state index contributed by atoms with van der Waals surface area (Å²) < 4.78 is 16.8. The second-order valence-electron chi connectivity index (χ2n) is 8.89. The van der Waals surface area contributed by atoms with Gasteiger partial charge < -0.3 is 25.3 Å². The van der Waals surface area contributed by atoms with Crippen LogP contribution in [0.15, 0.2) is 36.5 Å². The van der Waals surface area contributed by atoms with E-state index in [4.69, 9.17) is 31.5 Å². The number of carbonyl (C=O) groups is 1. The largest absolute Gasteiger partial charge is 0.488 e. The molecule has 2 heterocycles. The molecule has 1 aliphatic heterocycles. The van der Waals surface area contributed by atoms with Gasteiger partial charge in [0.05, 0.1) is 17.7 Å². The number of nitrogens with zero attached hydrogens (tertiary/aromatic N) is 1. The molecule has 0 radical (unpaired) electrons. The number of primary amides is 1. The summed E-state index contributed by atoms with van der Waals surface area (Å²) >= 11 is 6.51. The van der Waals surface area contributed by atoms with Gasteiger partial charge in [0.2, 0.25) is 0 Å². The number of hydrogen-bond donors (Lipinski definition) is 2. The van der Waals surface area contributed by atoms with Gasteiger partial charge in [-0.15, -0.1) is 0 Å². The van der Waals surface area contributed by atoms with E-state index < -0.39 is 11.7 Å². The van der Waals surface area contributed by atoms with Crippen molar-refractivity contribution >= 4 is 23.5 Å². The lowest BCUT2D eigenvalue weighted by atomic mass is 9.95. The Balaban J connectivity index is 1.69. The zero-order valence-corrected chi connectivity index (χ0v) is 19.7. The lowest BCUT2D eigenvalue weighted by Gasteiger charge is -2.30. The fourth-order valence-corrected chi connectivity index (χ4v) is 4.25. The number of anilines is 1. The van der Waals surface area contributed by atoms with Crippen LogP contribution in [-0.2, 0) is 9.47 Å². The highest BCUT2D eigenvalue weighted by Crippen LogP contribution is 2.32. The summed E-state index contributed by atoms with van der Waals surface area (Å²) in [6.07, 6.45) is 3.69. The van der Waals surface area contributed by atoms with E-state index in [1.807, 2.05) is 51.1 Å². The Labute approximate surface area is 194 Å². The predicted octanol–water partition coefficient (Wildman–Crippen LogP) is 5.27. The molecule has 2 atom stereocenters. The van der Waals surface area contributed by atoms with Gasteiger partial charge in [0.25, 0.3) is 0 Å². The number of carbonyl (C=O) groups excluding carboxylic acids is 1. The molecular formula is C24H32ClN3O4. The normalized spacial score (nSPS) is 18.1. The maximum absolute atomic E-state index is 11.3. The van der Waals surface area contributed by atoms with Gasteiger partial charge in [-0.05, 0) is 67.5 Å². The van der Waals surface area contributed by atoms with Crippen molar-refractivity contribution in [3.8, 4) is 16.9 Å². The fraction of sp³-hybridized carbons (Fsp3) is 0.500. The van der Waals surface area contributed by atoms with Crippen LogP contribution >= 0.6 is 11.6 Å². The zero-order valence-electron chi connectivity index (χ0n) is 18.9. The fourth-order valence-electron chi connectivity index (χ4n) is 4.02. The minimum atomic E-state index is -0.837. The topological polar surface area (TPSA) is 95.7 Å². The lowest BCUT2D eigenvalue weighted by molar-refractivity contribution is -0.0185. The van der Waals surface area contributed by atoms with Gasteiger partial charge in [-0.3, -0.25) is 0 Å². The number of rotatable bonds is 9. The molecule has 0 saturated carbocycles. The van der Waals surface area contributed by atoms with E-state index in [1.54, 1.807) is 6.20 Å². The van der Waals surface area contributed by atoms with E-state index in [0.29, 0.717) is 29.7 Å². The molecule has 174 valence electrons. The molecule has 3 N–H and O–H groups in total. The van der Waals surface area contributed by atoms with Crippen LogP contribution in [0.1, 0.15) is 40.0 Å². The molecular weight excluding hydrogens is 430 g/mol. The molecule has 2 aromatic rings. The molecule has 8 heteroatoms. The average Bonchev–Trinajstić information content (AvgIpc) is 2.72. The molecule has 7 nitrogen and oxygen atoms in total. The second kappa shape index (κ2) is 10.9. The highest BCUT2D eigenvalue weighted by Gasteiger charge is 2.30. The summed E-state index contributed by atoms with van der Waals surface area (Å²) in [5, 5.41) is 3.91. The molecule has 3 rings (SSSR count). The first-order valence-corrected chi connectivity index (χ1v) is 11.3. The summed E-state index contributed by atoms with van der Waals surface area (Å²) in [6, 6.07) is 9.83. The first-order valence-electron chi connectivity index (χ1n) is 11.0. The summed E-state index contributed by atoms with van der Waals surface area (Å²) in [4.78, 5) is 15.8. The molecule has 0 spiro atoms. The number of amides is 1. The number of pyridine rings is 1. The van der Waals surface area contributed by atoms with Gasteiger partial charge >= 0.3 is 6.09 Å². The van der Waals surface area contributed by atoms with E-state index >= 15 is 0 Å². The van der Waals surface area contributed by atoms with Crippen LogP contribution in [0.25, 0.3) is 11.1 Å². The molecule has 1 aromatic heterocycles. The van der Waals surface area contributed by atoms with E-state index in [0.717, 1.165) is 36.4 Å². The van der Waals surface area contributed by atoms with Crippen molar-refractivity contribution in [1.82, 2.24) is 4.98 Å². The highest BCUT2D eigenvalue weighted by molar-refractivity contribution is 6.32. The summed E-state index contributed by atoms with van der Waals surface area (Å²) in [5.74, 6) is 1.63. The van der Waals surface area contributed by atoms with Gasteiger partial charge in [-0.25, -0.2) is 9.78 Å². The maximum Gasteiger partial charge on any atom is 0.405 e. The Morgan fingerprint density at radius 2 is 2.12 bits per heavy atom. The van der Waals surface area contributed by atoms with Crippen LogP contribution in [0, 0.1) is 5.92 Å². The van der Waals surface area contributed by atoms with Gasteiger partial charge in [0.1, 0.15) is 23.8 Å². The Bertz CT molecular complexity index is 918. The van der Waals surface area contributed by atoms with Crippen LogP contribution in [0.3, 0.4) is 0 Å². The molecule has 0 aliphatic carbocycles. The Hall–Kier alpha value is -2.51. The number of aromatic nitrogens is 1. The minimum absolute atomic E-state index is 0.153. The quantitative estimate of drug-likeness (QED) is 0.528. The molecule has 32 heavy (non-hydrogen) atoms. The van der Waals surface area contributed by atoms with Crippen molar-refractivity contribution in [2.75, 3.05) is 25.1 Å². The lowest BCUT2D eigenvalue weighted by Crippen LogP contribution is -2.41. The van der Waals surface area contributed by atoms with Crippen LogP contribution in [0.5, 0.6) is 5.75 Å². The number of hydrogen-bond acceptors (Lipinski definition) is 6. The number of nitrogens with two attached hydrogens (primary N) is 1. The van der Waals surface area contributed by atoms with E-state index in [9.17, 15) is 4.79 Å². The molecule has 1 unspecified atom stereocenters. The first-order chi connectivity index (χ1) is 15.2. The van der Waals surface area contributed by atoms with Crippen molar-refractivity contribution in [2.45, 2.75) is 51.7 Å². The smallest absolute Gasteiger partial charge is 0.405 e. The second-order valence-corrected chi connectivity index (χ2v) is 9.30. The molecule has 0 bridgehead atoms. The van der Waals surface area contributed by atoms with E-state index in [-0.39, 0.29) is 12.6 Å². The third kappa shape index (κ3) is 7.00. The average molecular weight is 462 g/mol. The molecule has 1 aliphatic rings. The minimum Gasteiger partial charge on any atom is -0.488 e. The van der Waals surface area contributed by atoms with Crippen LogP contribution in [0.4, 0.5) is 10.6 Å². The van der Waals surface area contributed by atoms with Gasteiger partial charge in [0, 0.05) is 12.8 Å². The summed E-state index contributed by atoms with van der Waals surface area (Å²) in [5.41, 5.74) is 6.36. The van der Waals surface area contributed by atoms with Crippen molar-refractivity contribution in [3.63, 3.8) is 0 Å². The van der Waals surface area contributed by atoms with Gasteiger partial charge in [0.15, 0.2) is 0 Å². The zero-order chi connectivity index (χ0) is 23.1. The predicted molar refractivity (Wildman–Crippen MR) is 126 cm³/mol. The SMILES string of the molecule is CC(C)C[C@@](C)(COc1ccc(-c2ccnc(NC3CCCOC3)c2)cc1Cl)OC(N)=O. The summed E-state index contributed by atoms with van der Waals surface area (Å²) in [6.45, 7) is 7.57. The summed E-state index contributed by atoms with van der Waals surface area (Å²) in [7, 11) is 0. The van der Waals surface area contributed by atoms with Crippen molar-refractivity contribution in [2.24, 2.45) is 11.7 Å². The Morgan fingerprint density at radius 3 is 2.78 bits per heavy atom. The van der Waals surface area contributed by atoms with Crippen LogP contribution in [-0.4, -0.2) is 42.5 Å². The Morgan fingerprint density at radius 1 is 1.34 bits per heavy atom. The molecule has 1 aromatic carbocycles. The highest BCUT2D eigenvalue weighted by atomic mass is 35.5. The van der Waals surface area contributed by atoms with Crippen LogP contribution in [0.2, 0.25) is 5.02 Å². The van der Waals surface area contributed by atoms with Crippen molar-refractivity contribution in [3.05, 3.63) is 41.6 Å². The number of benzene rings is 1. The number of nitrogens with one attached hydrogen (secondary N) is 1. The van der Waals surface area contributed by atoms with E-state index in [1.165, 1.54) is 0 Å². The monoisotopic (exact) mass is 461 g/mol. The standard InChI is InChI=1S/C24H32ClN3O4/c1-16(2)13-24(3,32-23(26)29)15-31-21-7-6-17(11-20(21)25)18-8-9-27-22(12-18)28-19-5-4-10-30-14-19/h6-9,11-12,16,19H,4-5,10,13-15H2,1-3H3,(H2,26,29)(H,27,28)/t19?,24-/m0/s1. The van der Waals surface area contributed by atoms with Crippen molar-refractivity contribution in [1.29, 1.82) is 0 Å². The maximum atomic E-state index is 11.3. The number of halogens is 1. The third-order valence-electron chi connectivity index (χ3n) is 5.26. The van der Waals surface area contributed by atoms with Crippen molar-refractivity contribution < 1.29 is 19.0 Å². The van der Waals surface area contributed by atoms with Gasteiger partial charge in [-0.2, -0.15) is 0 Å². The molecule has 1 fully saturated rings.